The fourth-order valence-corrected chi connectivity index (χ4v) is 1.83. The van der Waals surface area contributed by atoms with E-state index in [0.717, 1.165) is 10.2 Å². The molecule has 2 aromatic rings. The number of nitrogens with zero attached hydrogens (tertiary/aromatic N) is 2. The highest BCUT2D eigenvalue weighted by atomic mass is 79.9. The highest BCUT2D eigenvalue weighted by Gasteiger charge is 2.15. The van der Waals surface area contributed by atoms with E-state index in [1.54, 1.807) is 6.92 Å². The molecule has 84 valence electrons. The molecule has 0 aliphatic carbocycles. The Balaban J connectivity index is 2.45. The largest absolute Gasteiger partial charge is 0.267 e. The monoisotopic (exact) mass is 286 g/mol. The van der Waals surface area contributed by atoms with Gasteiger partial charge in [0.25, 0.3) is 6.43 Å². The molecule has 0 aliphatic heterocycles. The Bertz CT molecular complexity index is 508. The topological polar surface area (TPSA) is 17.8 Å². The van der Waals surface area contributed by atoms with Gasteiger partial charge < -0.3 is 0 Å². The van der Waals surface area contributed by atoms with E-state index in [-0.39, 0.29) is 5.56 Å². The van der Waals surface area contributed by atoms with Crippen LogP contribution in [0.5, 0.6) is 0 Å². The third kappa shape index (κ3) is 2.14. The first-order valence-electron chi connectivity index (χ1n) is 4.68. The van der Waals surface area contributed by atoms with Gasteiger partial charge in [0.05, 0.1) is 16.9 Å². The van der Waals surface area contributed by atoms with Gasteiger partial charge in [-0.3, -0.25) is 0 Å². The fraction of sp³-hybridized carbons (Fsp3) is 0.182. The van der Waals surface area contributed by atoms with Crippen LogP contribution in [0, 0.1) is 6.92 Å². The summed E-state index contributed by atoms with van der Waals surface area (Å²) in [5, 5.41) is 4.06. The average Bonchev–Trinajstić information content (AvgIpc) is 2.60. The predicted octanol–water partition coefficient (Wildman–Crippen LogP) is 3.88. The van der Waals surface area contributed by atoms with E-state index in [1.165, 1.54) is 10.9 Å². The van der Waals surface area contributed by atoms with Crippen LogP contribution >= 0.6 is 15.9 Å². The maximum Gasteiger partial charge on any atom is 0.267 e. The van der Waals surface area contributed by atoms with E-state index < -0.39 is 6.43 Å². The summed E-state index contributed by atoms with van der Waals surface area (Å²) in [7, 11) is 0. The van der Waals surface area contributed by atoms with Crippen molar-refractivity contribution in [3.8, 4) is 5.69 Å². The van der Waals surface area contributed by atoms with Crippen molar-refractivity contribution in [3.05, 3.63) is 46.2 Å². The van der Waals surface area contributed by atoms with E-state index >= 15 is 0 Å². The number of aromatic nitrogens is 2. The first-order valence-corrected chi connectivity index (χ1v) is 5.47. The molecule has 0 N–H and O–H groups in total. The Hall–Kier alpha value is -1.23. The number of aryl methyl sites for hydroxylation is 1. The quantitative estimate of drug-likeness (QED) is 0.819. The van der Waals surface area contributed by atoms with Gasteiger partial charge in [-0.05, 0) is 25.1 Å². The molecule has 5 heteroatoms. The van der Waals surface area contributed by atoms with Crippen molar-refractivity contribution in [2.24, 2.45) is 0 Å². The first-order chi connectivity index (χ1) is 7.58. The summed E-state index contributed by atoms with van der Waals surface area (Å²) in [5.74, 6) is 0. The molecule has 2 rings (SSSR count). The normalized spacial score (nSPS) is 11.1. The summed E-state index contributed by atoms with van der Waals surface area (Å²) in [6.07, 6.45) is -1.12. The third-order valence-corrected chi connectivity index (χ3v) is 2.74. The number of rotatable bonds is 2. The second kappa shape index (κ2) is 4.33. The van der Waals surface area contributed by atoms with Crippen LogP contribution < -0.4 is 0 Å². The first kappa shape index (κ1) is 11.3. The number of benzene rings is 1. The smallest absolute Gasteiger partial charge is 0.240 e. The van der Waals surface area contributed by atoms with Crippen LogP contribution in [0.1, 0.15) is 17.7 Å². The van der Waals surface area contributed by atoms with Gasteiger partial charge in [0, 0.05) is 10.7 Å². The Morgan fingerprint density at radius 3 is 2.69 bits per heavy atom. The molecule has 0 radical (unpaired) electrons. The van der Waals surface area contributed by atoms with Gasteiger partial charge in [0.15, 0.2) is 0 Å². The molecule has 1 aromatic carbocycles. The number of halogens is 3. The molecule has 1 aromatic heterocycles. The number of hydrogen-bond donors (Lipinski definition) is 0. The van der Waals surface area contributed by atoms with Crippen molar-refractivity contribution in [2.75, 3.05) is 0 Å². The van der Waals surface area contributed by atoms with Gasteiger partial charge in [-0.2, -0.15) is 5.10 Å². The van der Waals surface area contributed by atoms with E-state index in [9.17, 15) is 8.78 Å². The van der Waals surface area contributed by atoms with Crippen molar-refractivity contribution >= 4 is 15.9 Å². The minimum Gasteiger partial charge on any atom is -0.240 e. The lowest BCUT2D eigenvalue weighted by atomic mass is 10.3. The molecular formula is C11H9BrF2N2. The highest BCUT2D eigenvalue weighted by molar-refractivity contribution is 9.10. The Morgan fingerprint density at radius 1 is 1.38 bits per heavy atom. The standard InChI is InChI=1S/C11H9BrF2N2/c1-7-10(11(13)14)6-16(15-7)9-4-2-3-8(12)5-9/h2-6,11H,1H3. The van der Waals surface area contributed by atoms with Crippen LogP contribution in [0.4, 0.5) is 8.78 Å². The van der Waals surface area contributed by atoms with Crippen LogP contribution in [0.25, 0.3) is 5.69 Å². The summed E-state index contributed by atoms with van der Waals surface area (Å²) < 4.78 is 27.5. The third-order valence-electron chi connectivity index (χ3n) is 2.24. The van der Waals surface area contributed by atoms with Gasteiger partial charge in [0.1, 0.15) is 0 Å². The molecule has 1 heterocycles. The zero-order valence-corrected chi connectivity index (χ0v) is 10.1. The number of alkyl halides is 2. The molecule has 0 spiro atoms. The zero-order chi connectivity index (χ0) is 11.7. The van der Waals surface area contributed by atoms with Gasteiger partial charge in [-0.15, -0.1) is 0 Å². The lowest BCUT2D eigenvalue weighted by Gasteiger charge is -2.00. The predicted molar refractivity (Wildman–Crippen MR) is 61.0 cm³/mol. The van der Waals surface area contributed by atoms with Crippen molar-refractivity contribution < 1.29 is 8.78 Å². The maximum atomic E-state index is 12.6. The van der Waals surface area contributed by atoms with Crippen molar-refractivity contribution in [1.82, 2.24) is 9.78 Å². The van der Waals surface area contributed by atoms with Crippen LogP contribution in [-0.2, 0) is 0 Å². The molecule has 0 bridgehead atoms. The van der Waals surface area contributed by atoms with E-state index in [0.29, 0.717) is 5.69 Å². The van der Waals surface area contributed by atoms with Crippen LogP contribution in [0.2, 0.25) is 0 Å². The van der Waals surface area contributed by atoms with Crippen molar-refractivity contribution in [2.45, 2.75) is 13.3 Å². The van der Waals surface area contributed by atoms with Gasteiger partial charge in [0.2, 0.25) is 0 Å². The van der Waals surface area contributed by atoms with Crippen LogP contribution in [0.15, 0.2) is 34.9 Å². The summed E-state index contributed by atoms with van der Waals surface area (Å²) in [6, 6.07) is 7.33. The van der Waals surface area contributed by atoms with Gasteiger partial charge in [-0.1, -0.05) is 22.0 Å². The number of hydrogen-bond acceptors (Lipinski definition) is 1. The molecule has 0 saturated heterocycles. The van der Waals surface area contributed by atoms with Gasteiger partial charge >= 0.3 is 0 Å². The van der Waals surface area contributed by atoms with E-state index in [2.05, 4.69) is 21.0 Å². The van der Waals surface area contributed by atoms with E-state index in [1.807, 2.05) is 24.3 Å². The highest BCUT2D eigenvalue weighted by Crippen LogP contribution is 2.23. The Labute approximate surface area is 100 Å². The minimum absolute atomic E-state index is 0.0278. The summed E-state index contributed by atoms with van der Waals surface area (Å²) >= 11 is 3.32. The van der Waals surface area contributed by atoms with Crippen LogP contribution in [-0.4, -0.2) is 9.78 Å². The minimum atomic E-state index is -2.49. The summed E-state index contributed by atoms with van der Waals surface area (Å²) in [5.41, 5.74) is 1.08. The van der Waals surface area contributed by atoms with Crippen LogP contribution in [0.3, 0.4) is 0 Å². The molecular weight excluding hydrogens is 278 g/mol. The Kier molecular flexibility index (Phi) is 3.05. The average molecular weight is 287 g/mol. The SMILES string of the molecule is Cc1nn(-c2cccc(Br)c2)cc1C(F)F. The second-order valence-electron chi connectivity index (χ2n) is 3.39. The maximum absolute atomic E-state index is 12.6. The summed E-state index contributed by atoms with van der Waals surface area (Å²) in [4.78, 5) is 0. The Morgan fingerprint density at radius 2 is 2.12 bits per heavy atom. The zero-order valence-electron chi connectivity index (χ0n) is 8.49. The summed E-state index contributed by atoms with van der Waals surface area (Å²) in [6.45, 7) is 1.58. The molecule has 0 fully saturated rings. The molecule has 16 heavy (non-hydrogen) atoms. The molecule has 2 nitrogen and oxygen atoms in total. The van der Waals surface area contributed by atoms with Gasteiger partial charge in [-0.25, -0.2) is 13.5 Å². The molecule has 0 atom stereocenters. The molecule has 0 amide bonds. The fourth-order valence-electron chi connectivity index (χ4n) is 1.44. The van der Waals surface area contributed by atoms with Crippen molar-refractivity contribution in [1.29, 1.82) is 0 Å². The van der Waals surface area contributed by atoms with E-state index in [4.69, 9.17) is 0 Å². The lowest BCUT2D eigenvalue weighted by molar-refractivity contribution is 0.150. The molecule has 0 saturated carbocycles. The van der Waals surface area contributed by atoms with Crippen molar-refractivity contribution in [3.63, 3.8) is 0 Å². The molecule has 0 aliphatic rings. The second-order valence-corrected chi connectivity index (χ2v) is 4.31. The lowest BCUT2D eigenvalue weighted by Crippen LogP contribution is -1.94. The molecule has 0 unspecified atom stereocenters.